The summed E-state index contributed by atoms with van der Waals surface area (Å²) < 4.78 is 5.98. The molecule has 0 aliphatic carbocycles. The van der Waals surface area contributed by atoms with Gasteiger partial charge < -0.3 is 15.4 Å². The number of ether oxygens (including phenoxy) is 1. The fraction of sp³-hybridized carbons (Fsp3) is 0.647. The third-order valence-corrected chi connectivity index (χ3v) is 3.55. The van der Waals surface area contributed by atoms with Gasteiger partial charge in [-0.1, -0.05) is 19.9 Å². The molecule has 112 valence electrons. The molecule has 1 aromatic rings. The minimum Gasteiger partial charge on any atom is -0.484 e. The highest BCUT2D eigenvalue weighted by Crippen LogP contribution is 2.33. The van der Waals surface area contributed by atoms with Crippen molar-refractivity contribution in [1.29, 1.82) is 0 Å². The third kappa shape index (κ3) is 4.14. The van der Waals surface area contributed by atoms with Gasteiger partial charge in [0.25, 0.3) is 0 Å². The van der Waals surface area contributed by atoms with Crippen molar-refractivity contribution >= 4 is 5.69 Å². The standard InChI is InChI=1S/C17H28N2O/c1-12(2)10-18-13(3)8-14-6-7-16-15(9-14)19-11-17(4,5)20-16/h6-7,9,12-13,18-19H,8,10-11H2,1-5H3. The summed E-state index contributed by atoms with van der Waals surface area (Å²) in [6.45, 7) is 12.9. The van der Waals surface area contributed by atoms with E-state index >= 15 is 0 Å². The lowest BCUT2D eigenvalue weighted by atomic mass is 10.0. The molecule has 0 saturated heterocycles. The molecule has 0 amide bonds. The Morgan fingerprint density at radius 2 is 2.05 bits per heavy atom. The lowest BCUT2D eigenvalue weighted by Gasteiger charge is -2.33. The van der Waals surface area contributed by atoms with Gasteiger partial charge in [-0.15, -0.1) is 0 Å². The van der Waals surface area contributed by atoms with Crippen molar-refractivity contribution in [3.63, 3.8) is 0 Å². The Morgan fingerprint density at radius 1 is 1.30 bits per heavy atom. The van der Waals surface area contributed by atoms with E-state index in [4.69, 9.17) is 4.74 Å². The molecule has 20 heavy (non-hydrogen) atoms. The molecule has 1 heterocycles. The lowest BCUT2D eigenvalue weighted by molar-refractivity contribution is 0.116. The number of fused-ring (bicyclic) bond motifs is 1. The second-order valence-electron chi connectivity index (χ2n) is 6.95. The Labute approximate surface area is 123 Å². The van der Waals surface area contributed by atoms with Crippen LogP contribution < -0.4 is 15.4 Å². The van der Waals surface area contributed by atoms with Crippen LogP contribution in [0.2, 0.25) is 0 Å². The number of hydrogen-bond donors (Lipinski definition) is 2. The smallest absolute Gasteiger partial charge is 0.143 e. The molecule has 2 N–H and O–H groups in total. The molecule has 3 nitrogen and oxygen atoms in total. The number of hydrogen-bond acceptors (Lipinski definition) is 3. The van der Waals surface area contributed by atoms with Crippen molar-refractivity contribution in [3.05, 3.63) is 23.8 Å². The zero-order chi connectivity index (χ0) is 14.8. The minimum atomic E-state index is -0.124. The van der Waals surface area contributed by atoms with Gasteiger partial charge in [-0.3, -0.25) is 0 Å². The molecule has 0 spiro atoms. The summed E-state index contributed by atoms with van der Waals surface area (Å²) in [5.74, 6) is 1.66. The maximum Gasteiger partial charge on any atom is 0.143 e. The van der Waals surface area contributed by atoms with Crippen LogP contribution >= 0.6 is 0 Å². The Hall–Kier alpha value is -1.22. The van der Waals surface area contributed by atoms with Crippen molar-refractivity contribution < 1.29 is 4.74 Å². The van der Waals surface area contributed by atoms with Gasteiger partial charge in [-0.2, -0.15) is 0 Å². The van der Waals surface area contributed by atoms with Crippen molar-refractivity contribution in [2.45, 2.75) is 52.7 Å². The highest BCUT2D eigenvalue weighted by molar-refractivity contribution is 5.60. The zero-order valence-electron chi connectivity index (χ0n) is 13.4. The maximum atomic E-state index is 5.98. The summed E-state index contributed by atoms with van der Waals surface area (Å²) in [5, 5.41) is 7.04. The van der Waals surface area contributed by atoms with Crippen LogP contribution in [-0.2, 0) is 6.42 Å². The quantitative estimate of drug-likeness (QED) is 0.864. The van der Waals surface area contributed by atoms with Crippen LogP contribution in [0.25, 0.3) is 0 Å². The number of nitrogens with one attached hydrogen (secondary N) is 2. The van der Waals surface area contributed by atoms with Gasteiger partial charge in [-0.05, 0) is 57.4 Å². The van der Waals surface area contributed by atoms with Crippen molar-refractivity contribution in [3.8, 4) is 5.75 Å². The summed E-state index contributed by atoms with van der Waals surface area (Å²) in [6.07, 6.45) is 1.05. The first-order valence-electron chi connectivity index (χ1n) is 7.65. The lowest BCUT2D eigenvalue weighted by Crippen LogP contribution is -2.40. The molecule has 2 rings (SSSR count). The van der Waals surface area contributed by atoms with Crippen molar-refractivity contribution in [1.82, 2.24) is 5.32 Å². The fourth-order valence-corrected chi connectivity index (χ4v) is 2.44. The molecular weight excluding hydrogens is 248 g/mol. The molecule has 0 bridgehead atoms. The Kier molecular flexibility index (Phi) is 4.59. The monoisotopic (exact) mass is 276 g/mol. The van der Waals surface area contributed by atoms with Crippen LogP contribution in [0.4, 0.5) is 5.69 Å². The van der Waals surface area contributed by atoms with Crippen molar-refractivity contribution in [2.75, 3.05) is 18.4 Å². The van der Waals surface area contributed by atoms with Gasteiger partial charge in [0.15, 0.2) is 0 Å². The van der Waals surface area contributed by atoms with E-state index in [2.05, 4.69) is 63.5 Å². The Morgan fingerprint density at radius 3 is 2.75 bits per heavy atom. The summed E-state index contributed by atoms with van der Waals surface area (Å²) in [6, 6.07) is 6.98. The average Bonchev–Trinajstić information content (AvgIpc) is 2.36. The van der Waals surface area contributed by atoms with Crippen molar-refractivity contribution in [2.24, 2.45) is 5.92 Å². The first-order chi connectivity index (χ1) is 9.35. The zero-order valence-corrected chi connectivity index (χ0v) is 13.4. The van der Waals surface area contributed by atoms with Gasteiger partial charge in [-0.25, -0.2) is 0 Å². The second-order valence-corrected chi connectivity index (χ2v) is 6.95. The molecule has 1 aliphatic rings. The Bertz CT molecular complexity index is 454. The van der Waals surface area contributed by atoms with Gasteiger partial charge in [0, 0.05) is 6.04 Å². The van der Waals surface area contributed by atoms with Gasteiger partial charge in [0.1, 0.15) is 11.4 Å². The molecule has 3 heteroatoms. The van der Waals surface area contributed by atoms with Crippen LogP contribution in [0.1, 0.15) is 40.2 Å². The Balaban J connectivity index is 1.98. The fourth-order valence-electron chi connectivity index (χ4n) is 2.44. The minimum absolute atomic E-state index is 0.124. The molecule has 1 aliphatic heterocycles. The van der Waals surface area contributed by atoms with E-state index in [1.807, 2.05) is 0 Å². The molecule has 0 saturated carbocycles. The first-order valence-corrected chi connectivity index (χ1v) is 7.65. The van der Waals surface area contributed by atoms with E-state index < -0.39 is 0 Å². The van der Waals surface area contributed by atoms with E-state index in [0.29, 0.717) is 12.0 Å². The molecule has 1 unspecified atom stereocenters. The molecule has 0 fully saturated rings. The topological polar surface area (TPSA) is 33.3 Å². The number of rotatable bonds is 5. The molecule has 1 aromatic carbocycles. The van der Waals surface area contributed by atoms with Gasteiger partial charge in [0.2, 0.25) is 0 Å². The van der Waals surface area contributed by atoms with E-state index in [0.717, 1.165) is 30.9 Å². The predicted octanol–water partition coefficient (Wildman–Crippen LogP) is 3.45. The SMILES string of the molecule is CC(C)CNC(C)Cc1ccc2c(c1)NCC(C)(C)O2. The van der Waals surface area contributed by atoms with Crippen LogP contribution in [0, 0.1) is 5.92 Å². The largest absolute Gasteiger partial charge is 0.484 e. The number of benzene rings is 1. The van der Waals surface area contributed by atoms with E-state index in [1.165, 1.54) is 5.56 Å². The normalized spacial score (nSPS) is 18.1. The van der Waals surface area contributed by atoms with Gasteiger partial charge in [0.05, 0.1) is 12.2 Å². The second kappa shape index (κ2) is 6.04. The van der Waals surface area contributed by atoms with E-state index in [-0.39, 0.29) is 5.60 Å². The molecule has 1 atom stereocenters. The van der Waals surface area contributed by atoms with Crippen LogP contribution in [-0.4, -0.2) is 24.7 Å². The summed E-state index contributed by atoms with van der Waals surface area (Å²) in [7, 11) is 0. The van der Waals surface area contributed by atoms with Crippen LogP contribution in [0.3, 0.4) is 0 Å². The molecular formula is C17H28N2O. The maximum absolute atomic E-state index is 5.98. The number of anilines is 1. The van der Waals surface area contributed by atoms with Crippen LogP contribution in [0.15, 0.2) is 18.2 Å². The average molecular weight is 276 g/mol. The highest BCUT2D eigenvalue weighted by Gasteiger charge is 2.26. The van der Waals surface area contributed by atoms with E-state index in [1.54, 1.807) is 0 Å². The highest BCUT2D eigenvalue weighted by atomic mass is 16.5. The summed E-state index contributed by atoms with van der Waals surface area (Å²) >= 11 is 0. The molecule has 0 aromatic heterocycles. The summed E-state index contributed by atoms with van der Waals surface area (Å²) in [4.78, 5) is 0. The third-order valence-electron chi connectivity index (χ3n) is 3.55. The van der Waals surface area contributed by atoms with E-state index in [9.17, 15) is 0 Å². The molecule has 0 radical (unpaired) electrons. The van der Waals surface area contributed by atoms with Gasteiger partial charge >= 0.3 is 0 Å². The first kappa shape index (κ1) is 15.2. The predicted molar refractivity (Wildman–Crippen MR) is 85.6 cm³/mol. The summed E-state index contributed by atoms with van der Waals surface area (Å²) in [5.41, 5.74) is 2.35. The van der Waals surface area contributed by atoms with Crippen LogP contribution in [0.5, 0.6) is 5.75 Å².